The highest BCUT2D eigenvalue weighted by Crippen LogP contribution is 2.22. The quantitative estimate of drug-likeness (QED) is 0.503. The summed E-state index contributed by atoms with van der Waals surface area (Å²) in [6, 6.07) is 10.1. The lowest BCUT2D eigenvalue weighted by atomic mass is 10.2. The number of aryl methyl sites for hydroxylation is 1. The van der Waals surface area contributed by atoms with E-state index in [4.69, 9.17) is 17.0 Å². The van der Waals surface area contributed by atoms with Gasteiger partial charge in [0.25, 0.3) is 0 Å². The summed E-state index contributed by atoms with van der Waals surface area (Å²) in [6.45, 7) is 6.89. The molecule has 0 saturated heterocycles. The average molecular weight is 330 g/mol. The second kappa shape index (κ2) is 7.78. The van der Waals surface area contributed by atoms with Crippen LogP contribution in [0.1, 0.15) is 23.9 Å². The monoisotopic (exact) mass is 330 g/mol. The first-order chi connectivity index (χ1) is 11.1. The Kier molecular flexibility index (Phi) is 5.76. The SMILES string of the molecule is CCNC(=S)NN=Cc1cc(C)n(-c2cccc(OC)c2)c1C. The molecule has 0 fully saturated rings. The Hall–Kier alpha value is -2.34. The van der Waals surface area contributed by atoms with Gasteiger partial charge in [0.1, 0.15) is 5.75 Å². The number of hydrogen-bond donors (Lipinski definition) is 2. The standard InChI is InChI=1S/C17H22N4OS/c1-5-18-17(23)20-19-11-14-9-12(2)21(13(14)3)15-7-6-8-16(10-15)22-4/h6-11H,5H2,1-4H3,(H2,18,20,23). The van der Waals surface area contributed by atoms with Gasteiger partial charge >= 0.3 is 0 Å². The molecule has 2 N–H and O–H groups in total. The summed E-state index contributed by atoms with van der Waals surface area (Å²) < 4.78 is 7.48. The number of nitrogens with one attached hydrogen (secondary N) is 2. The van der Waals surface area contributed by atoms with Crippen LogP contribution in [-0.2, 0) is 0 Å². The van der Waals surface area contributed by atoms with Crippen molar-refractivity contribution < 1.29 is 4.74 Å². The van der Waals surface area contributed by atoms with Gasteiger partial charge in [-0.25, -0.2) is 0 Å². The lowest BCUT2D eigenvalue weighted by Crippen LogP contribution is -2.31. The second-order valence-electron chi connectivity index (χ2n) is 5.09. The first-order valence-electron chi connectivity index (χ1n) is 7.47. The first kappa shape index (κ1) is 17.0. The zero-order chi connectivity index (χ0) is 16.8. The summed E-state index contributed by atoms with van der Waals surface area (Å²) in [4.78, 5) is 0. The van der Waals surface area contributed by atoms with Crippen molar-refractivity contribution in [1.29, 1.82) is 0 Å². The van der Waals surface area contributed by atoms with Crippen molar-refractivity contribution >= 4 is 23.5 Å². The minimum absolute atomic E-state index is 0.519. The predicted octanol–water partition coefficient (Wildman–Crippen LogP) is 2.92. The van der Waals surface area contributed by atoms with Crippen LogP contribution in [0, 0.1) is 13.8 Å². The summed E-state index contributed by atoms with van der Waals surface area (Å²) in [7, 11) is 1.67. The summed E-state index contributed by atoms with van der Waals surface area (Å²) in [5, 5.41) is 7.69. The molecule has 0 spiro atoms. The third-order valence-corrected chi connectivity index (χ3v) is 3.72. The van der Waals surface area contributed by atoms with E-state index in [0.29, 0.717) is 5.11 Å². The third-order valence-electron chi connectivity index (χ3n) is 3.49. The van der Waals surface area contributed by atoms with Crippen molar-refractivity contribution in [3.05, 3.63) is 47.3 Å². The van der Waals surface area contributed by atoms with Gasteiger partial charge < -0.3 is 14.6 Å². The Labute approximate surface area is 142 Å². The lowest BCUT2D eigenvalue weighted by molar-refractivity contribution is 0.414. The van der Waals surface area contributed by atoms with Crippen molar-refractivity contribution in [1.82, 2.24) is 15.3 Å². The smallest absolute Gasteiger partial charge is 0.186 e. The Morgan fingerprint density at radius 3 is 2.83 bits per heavy atom. The number of nitrogens with zero attached hydrogens (tertiary/aromatic N) is 2. The van der Waals surface area contributed by atoms with Crippen LogP contribution in [0.25, 0.3) is 5.69 Å². The summed E-state index contributed by atoms with van der Waals surface area (Å²) in [6.07, 6.45) is 1.78. The fourth-order valence-corrected chi connectivity index (χ4v) is 2.62. The van der Waals surface area contributed by atoms with Crippen LogP contribution < -0.4 is 15.5 Å². The molecule has 23 heavy (non-hydrogen) atoms. The van der Waals surface area contributed by atoms with Crippen molar-refractivity contribution in [2.24, 2.45) is 5.10 Å². The summed E-state index contributed by atoms with van der Waals surface area (Å²) >= 11 is 5.08. The predicted molar refractivity (Wildman–Crippen MR) is 98.8 cm³/mol. The molecule has 0 atom stereocenters. The molecule has 0 saturated carbocycles. The molecule has 1 aromatic carbocycles. The molecule has 0 aliphatic carbocycles. The van der Waals surface area contributed by atoms with Gasteiger partial charge in [-0.3, -0.25) is 5.43 Å². The molecule has 1 heterocycles. The molecular weight excluding hydrogens is 308 g/mol. The van der Waals surface area contributed by atoms with E-state index in [1.54, 1.807) is 13.3 Å². The zero-order valence-corrected chi connectivity index (χ0v) is 14.7. The van der Waals surface area contributed by atoms with E-state index in [9.17, 15) is 0 Å². The molecule has 0 amide bonds. The maximum absolute atomic E-state index is 5.31. The number of methoxy groups -OCH3 is 1. The fourth-order valence-electron chi connectivity index (χ4n) is 2.43. The number of aromatic nitrogens is 1. The number of ether oxygens (including phenoxy) is 1. The zero-order valence-electron chi connectivity index (χ0n) is 13.9. The Morgan fingerprint density at radius 1 is 1.35 bits per heavy atom. The first-order valence-corrected chi connectivity index (χ1v) is 7.88. The highest BCUT2D eigenvalue weighted by Gasteiger charge is 2.10. The van der Waals surface area contributed by atoms with Gasteiger partial charge in [0.05, 0.1) is 13.3 Å². The Balaban J connectivity index is 2.25. The van der Waals surface area contributed by atoms with E-state index in [2.05, 4.69) is 46.4 Å². The van der Waals surface area contributed by atoms with Crippen molar-refractivity contribution in [2.45, 2.75) is 20.8 Å². The van der Waals surface area contributed by atoms with Crippen LogP contribution in [0.3, 0.4) is 0 Å². The maximum atomic E-state index is 5.31. The molecule has 0 radical (unpaired) electrons. The normalized spacial score (nSPS) is 10.8. The van der Waals surface area contributed by atoms with E-state index in [1.807, 2.05) is 25.1 Å². The largest absolute Gasteiger partial charge is 0.497 e. The molecule has 0 bridgehead atoms. The number of hydrogen-bond acceptors (Lipinski definition) is 3. The molecule has 2 rings (SSSR count). The minimum Gasteiger partial charge on any atom is -0.497 e. The van der Waals surface area contributed by atoms with Crippen molar-refractivity contribution in [2.75, 3.05) is 13.7 Å². The van der Waals surface area contributed by atoms with Crippen LogP contribution in [0.4, 0.5) is 0 Å². The molecule has 1 aromatic heterocycles. The average Bonchev–Trinajstić information content (AvgIpc) is 2.82. The number of rotatable bonds is 5. The highest BCUT2D eigenvalue weighted by molar-refractivity contribution is 7.80. The molecule has 122 valence electrons. The highest BCUT2D eigenvalue weighted by atomic mass is 32.1. The molecule has 6 heteroatoms. The van der Waals surface area contributed by atoms with E-state index >= 15 is 0 Å². The van der Waals surface area contributed by atoms with E-state index in [0.717, 1.165) is 34.9 Å². The molecule has 0 aliphatic rings. The number of thiocarbonyl (C=S) groups is 1. The van der Waals surface area contributed by atoms with E-state index < -0.39 is 0 Å². The van der Waals surface area contributed by atoms with Crippen LogP contribution in [0.5, 0.6) is 5.75 Å². The molecular formula is C17H22N4OS. The van der Waals surface area contributed by atoms with Crippen LogP contribution in [0.2, 0.25) is 0 Å². The minimum atomic E-state index is 0.519. The Morgan fingerprint density at radius 2 is 2.13 bits per heavy atom. The van der Waals surface area contributed by atoms with Crippen molar-refractivity contribution in [3.8, 4) is 11.4 Å². The van der Waals surface area contributed by atoms with Crippen molar-refractivity contribution in [3.63, 3.8) is 0 Å². The topological polar surface area (TPSA) is 50.6 Å². The van der Waals surface area contributed by atoms with Gasteiger partial charge in [-0.15, -0.1) is 0 Å². The van der Waals surface area contributed by atoms with Gasteiger partial charge in [0.2, 0.25) is 0 Å². The lowest BCUT2D eigenvalue weighted by Gasteiger charge is -2.11. The number of hydrazone groups is 1. The van der Waals surface area contributed by atoms with Crippen LogP contribution in [-0.4, -0.2) is 29.5 Å². The summed E-state index contributed by atoms with van der Waals surface area (Å²) in [5.74, 6) is 0.836. The fraction of sp³-hybridized carbons (Fsp3) is 0.294. The van der Waals surface area contributed by atoms with Gasteiger partial charge in [0.15, 0.2) is 5.11 Å². The number of benzene rings is 1. The molecule has 5 nitrogen and oxygen atoms in total. The van der Waals surface area contributed by atoms with Gasteiger partial charge in [-0.05, 0) is 51.2 Å². The third kappa shape index (κ3) is 4.10. The second-order valence-corrected chi connectivity index (χ2v) is 5.50. The van der Waals surface area contributed by atoms with Gasteiger partial charge in [-0.1, -0.05) is 6.07 Å². The molecule has 0 aliphatic heterocycles. The van der Waals surface area contributed by atoms with Crippen LogP contribution in [0.15, 0.2) is 35.4 Å². The van der Waals surface area contributed by atoms with Crippen LogP contribution >= 0.6 is 12.2 Å². The molecule has 2 aromatic rings. The Bertz CT molecular complexity index is 721. The van der Waals surface area contributed by atoms with Gasteiger partial charge in [0, 0.05) is 35.2 Å². The summed E-state index contributed by atoms with van der Waals surface area (Å²) in [5.41, 5.74) is 7.15. The maximum Gasteiger partial charge on any atom is 0.186 e. The molecule has 0 unspecified atom stereocenters. The van der Waals surface area contributed by atoms with Gasteiger partial charge in [-0.2, -0.15) is 5.10 Å². The van der Waals surface area contributed by atoms with E-state index in [-0.39, 0.29) is 0 Å². The van der Waals surface area contributed by atoms with E-state index in [1.165, 1.54) is 0 Å².